The third kappa shape index (κ3) is 4.95. The van der Waals surface area contributed by atoms with Crippen molar-refractivity contribution in [3.8, 4) is 17.2 Å². The van der Waals surface area contributed by atoms with Crippen LogP contribution in [0.25, 0.3) is 0 Å². The van der Waals surface area contributed by atoms with Gasteiger partial charge in [-0.3, -0.25) is 4.79 Å². The van der Waals surface area contributed by atoms with Crippen LogP contribution in [0.3, 0.4) is 0 Å². The molecule has 1 amide bonds. The van der Waals surface area contributed by atoms with E-state index in [-0.39, 0.29) is 17.1 Å². The highest BCUT2D eigenvalue weighted by molar-refractivity contribution is 7.91. The maximum absolute atomic E-state index is 12.6. The SMILES string of the molecule is CCOc1ccccc1NC(=O)CCS(=O)(=O)c1ccc2c(c1)OCCCO2. The van der Waals surface area contributed by atoms with Crippen LogP contribution in [0.4, 0.5) is 5.69 Å². The standard InChI is InChI=1S/C20H23NO6S/c1-2-25-17-7-4-3-6-16(17)21-20(22)10-13-28(23,24)15-8-9-18-19(14-15)27-12-5-11-26-18/h3-4,6-9,14H,2,5,10-13H2,1H3,(H,21,22). The molecule has 0 aromatic heterocycles. The van der Waals surface area contributed by atoms with Gasteiger partial charge in [-0.25, -0.2) is 8.42 Å². The van der Waals surface area contributed by atoms with Crippen LogP contribution in [0.5, 0.6) is 17.2 Å². The largest absolute Gasteiger partial charge is 0.492 e. The third-order valence-corrected chi connectivity index (χ3v) is 5.85. The van der Waals surface area contributed by atoms with Gasteiger partial charge < -0.3 is 19.5 Å². The number of nitrogens with one attached hydrogen (secondary N) is 1. The molecule has 0 radical (unpaired) electrons. The minimum absolute atomic E-state index is 0.110. The average Bonchev–Trinajstić information content (AvgIpc) is 2.93. The number of hydrogen-bond donors (Lipinski definition) is 1. The van der Waals surface area contributed by atoms with Gasteiger partial charge in [0.2, 0.25) is 5.91 Å². The summed E-state index contributed by atoms with van der Waals surface area (Å²) >= 11 is 0. The summed E-state index contributed by atoms with van der Waals surface area (Å²) in [5.74, 6) is 0.777. The monoisotopic (exact) mass is 405 g/mol. The van der Waals surface area contributed by atoms with E-state index in [2.05, 4.69) is 5.32 Å². The summed E-state index contributed by atoms with van der Waals surface area (Å²) in [6.45, 7) is 3.31. The second-order valence-corrected chi connectivity index (χ2v) is 8.31. The fraction of sp³-hybridized carbons (Fsp3) is 0.350. The lowest BCUT2D eigenvalue weighted by atomic mass is 10.3. The van der Waals surface area contributed by atoms with Crippen LogP contribution in [-0.2, 0) is 14.6 Å². The number of anilines is 1. The number of amides is 1. The number of rotatable bonds is 7. The topological polar surface area (TPSA) is 90.9 Å². The summed E-state index contributed by atoms with van der Waals surface area (Å²) in [4.78, 5) is 12.4. The Bertz CT molecular complexity index is 941. The molecule has 1 aliphatic rings. The minimum Gasteiger partial charge on any atom is -0.492 e. The Morgan fingerprint density at radius 2 is 1.86 bits per heavy atom. The number of sulfone groups is 1. The highest BCUT2D eigenvalue weighted by Gasteiger charge is 2.20. The second-order valence-electron chi connectivity index (χ2n) is 6.21. The molecule has 0 atom stereocenters. The molecule has 0 bridgehead atoms. The zero-order valence-corrected chi connectivity index (χ0v) is 16.5. The molecule has 7 nitrogen and oxygen atoms in total. The van der Waals surface area contributed by atoms with Crippen LogP contribution in [0, 0.1) is 0 Å². The Balaban J connectivity index is 1.65. The molecule has 0 saturated heterocycles. The molecule has 28 heavy (non-hydrogen) atoms. The van der Waals surface area contributed by atoms with Gasteiger partial charge in [0.1, 0.15) is 5.75 Å². The number of hydrogen-bond acceptors (Lipinski definition) is 6. The molecule has 8 heteroatoms. The third-order valence-electron chi connectivity index (χ3n) is 4.14. The van der Waals surface area contributed by atoms with E-state index < -0.39 is 15.7 Å². The van der Waals surface area contributed by atoms with Crippen LogP contribution in [-0.4, -0.2) is 39.9 Å². The van der Waals surface area contributed by atoms with Gasteiger partial charge in [0.15, 0.2) is 21.3 Å². The Labute approximate surface area is 164 Å². The van der Waals surface area contributed by atoms with Crippen molar-refractivity contribution in [3.05, 3.63) is 42.5 Å². The number of fused-ring (bicyclic) bond motifs is 1. The van der Waals surface area contributed by atoms with Crippen molar-refractivity contribution in [3.63, 3.8) is 0 Å². The van der Waals surface area contributed by atoms with Gasteiger partial charge in [0, 0.05) is 18.9 Å². The maximum atomic E-state index is 12.6. The zero-order chi connectivity index (χ0) is 20.0. The molecule has 0 fully saturated rings. The molecule has 2 aromatic rings. The van der Waals surface area contributed by atoms with E-state index >= 15 is 0 Å². The van der Waals surface area contributed by atoms with Crippen molar-refractivity contribution in [1.29, 1.82) is 0 Å². The summed E-state index contributed by atoms with van der Waals surface area (Å²) in [5.41, 5.74) is 0.516. The molecule has 1 aliphatic heterocycles. The molecule has 0 saturated carbocycles. The van der Waals surface area contributed by atoms with Gasteiger partial charge in [0.25, 0.3) is 0 Å². The summed E-state index contributed by atoms with van der Waals surface area (Å²) in [5, 5.41) is 2.70. The van der Waals surface area contributed by atoms with E-state index in [0.717, 1.165) is 6.42 Å². The molecule has 2 aromatic carbocycles. The zero-order valence-electron chi connectivity index (χ0n) is 15.6. The molecule has 1 heterocycles. The van der Waals surface area contributed by atoms with Crippen LogP contribution in [0.2, 0.25) is 0 Å². The molecular formula is C20H23NO6S. The smallest absolute Gasteiger partial charge is 0.225 e. The Kier molecular flexibility index (Phi) is 6.41. The van der Waals surface area contributed by atoms with Gasteiger partial charge in [0.05, 0.1) is 36.2 Å². The van der Waals surface area contributed by atoms with Crippen molar-refractivity contribution in [2.75, 3.05) is 30.9 Å². The van der Waals surface area contributed by atoms with Crippen LogP contribution in [0.1, 0.15) is 19.8 Å². The maximum Gasteiger partial charge on any atom is 0.225 e. The molecule has 150 valence electrons. The minimum atomic E-state index is -3.64. The molecule has 1 N–H and O–H groups in total. The van der Waals surface area contributed by atoms with Gasteiger partial charge in [-0.15, -0.1) is 0 Å². The number of ether oxygens (including phenoxy) is 3. The Morgan fingerprint density at radius 3 is 2.64 bits per heavy atom. The van der Waals surface area contributed by atoms with E-state index in [1.54, 1.807) is 30.3 Å². The van der Waals surface area contributed by atoms with E-state index in [0.29, 0.717) is 42.8 Å². The van der Waals surface area contributed by atoms with Crippen molar-refractivity contribution in [2.45, 2.75) is 24.7 Å². The quantitative estimate of drug-likeness (QED) is 0.761. The lowest BCUT2D eigenvalue weighted by Crippen LogP contribution is -2.18. The number of benzene rings is 2. The van der Waals surface area contributed by atoms with Crippen molar-refractivity contribution in [2.24, 2.45) is 0 Å². The summed E-state index contributed by atoms with van der Waals surface area (Å²) < 4.78 is 41.8. The summed E-state index contributed by atoms with van der Waals surface area (Å²) in [7, 11) is -3.64. The Morgan fingerprint density at radius 1 is 1.11 bits per heavy atom. The fourth-order valence-corrected chi connectivity index (χ4v) is 4.00. The molecule has 3 rings (SSSR count). The predicted molar refractivity (Wildman–Crippen MR) is 105 cm³/mol. The lowest BCUT2D eigenvalue weighted by Gasteiger charge is -2.12. The first-order chi connectivity index (χ1) is 13.5. The van der Waals surface area contributed by atoms with Crippen LogP contribution < -0.4 is 19.5 Å². The number of carbonyl (C=O) groups is 1. The van der Waals surface area contributed by atoms with Crippen LogP contribution >= 0.6 is 0 Å². The lowest BCUT2D eigenvalue weighted by molar-refractivity contribution is -0.115. The molecule has 0 unspecified atom stereocenters. The first-order valence-corrected chi connectivity index (χ1v) is 10.8. The van der Waals surface area contributed by atoms with E-state index in [4.69, 9.17) is 14.2 Å². The first kappa shape index (κ1) is 20.0. The summed E-state index contributed by atoms with van der Waals surface area (Å²) in [6.07, 6.45) is 0.567. The fourth-order valence-electron chi connectivity index (χ4n) is 2.75. The van der Waals surface area contributed by atoms with Crippen molar-refractivity contribution < 1.29 is 27.4 Å². The van der Waals surface area contributed by atoms with E-state index in [1.165, 1.54) is 12.1 Å². The van der Waals surface area contributed by atoms with E-state index in [1.807, 2.05) is 6.92 Å². The molecule has 0 aliphatic carbocycles. The van der Waals surface area contributed by atoms with Crippen LogP contribution in [0.15, 0.2) is 47.4 Å². The van der Waals surface area contributed by atoms with Crippen molar-refractivity contribution >= 4 is 21.4 Å². The van der Waals surface area contributed by atoms with Gasteiger partial charge in [-0.2, -0.15) is 0 Å². The highest BCUT2D eigenvalue weighted by Crippen LogP contribution is 2.32. The molecule has 0 spiro atoms. The van der Waals surface area contributed by atoms with E-state index in [9.17, 15) is 13.2 Å². The average molecular weight is 405 g/mol. The Hall–Kier alpha value is -2.74. The van der Waals surface area contributed by atoms with Gasteiger partial charge in [-0.1, -0.05) is 12.1 Å². The predicted octanol–water partition coefficient (Wildman–Crippen LogP) is 3.05. The number of carbonyl (C=O) groups excluding carboxylic acids is 1. The van der Waals surface area contributed by atoms with Gasteiger partial charge in [-0.05, 0) is 31.2 Å². The highest BCUT2D eigenvalue weighted by atomic mass is 32.2. The number of para-hydroxylation sites is 2. The van der Waals surface area contributed by atoms with Crippen molar-refractivity contribution in [1.82, 2.24) is 0 Å². The van der Waals surface area contributed by atoms with Gasteiger partial charge >= 0.3 is 0 Å². The first-order valence-electron chi connectivity index (χ1n) is 9.13. The summed E-state index contributed by atoms with van der Waals surface area (Å²) in [6, 6.07) is 11.5. The molecular weight excluding hydrogens is 382 g/mol. The second kappa shape index (κ2) is 8.97. The normalized spacial score (nSPS) is 13.5.